The largest absolute Gasteiger partial charge is 0.363 e. The second-order valence-electron chi connectivity index (χ2n) is 4.70. The molecular formula is C16H14ClN3. The van der Waals surface area contributed by atoms with Crippen molar-refractivity contribution in [3.05, 3.63) is 65.6 Å². The average Bonchev–Trinajstić information content (AvgIpc) is 2.47. The molecule has 3 aromatic rings. The summed E-state index contributed by atoms with van der Waals surface area (Å²) in [7, 11) is 0. The van der Waals surface area contributed by atoms with Crippen LogP contribution >= 0.6 is 11.6 Å². The normalized spacial score (nSPS) is 12.3. The van der Waals surface area contributed by atoms with E-state index in [0.717, 1.165) is 5.82 Å². The van der Waals surface area contributed by atoms with Crippen molar-refractivity contribution >= 4 is 28.2 Å². The molecule has 3 rings (SSSR count). The number of halogens is 1. The van der Waals surface area contributed by atoms with Crippen LogP contribution in [0.4, 0.5) is 5.82 Å². The lowest BCUT2D eigenvalue weighted by Gasteiger charge is -2.15. The molecule has 0 amide bonds. The zero-order chi connectivity index (χ0) is 13.9. The predicted octanol–water partition coefficient (Wildman–Crippen LogP) is 4.46. The highest BCUT2D eigenvalue weighted by molar-refractivity contribution is 6.29. The lowest BCUT2D eigenvalue weighted by atomic mass is 10.0. The molecule has 3 nitrogen and oxygen atoms in total. The van der Waals surface area contributed by atoms with Gasteiger partial charge in [-0.05, 0) is 29.3 Å². The standard InChI is InChI=1S/C16H14ClN3/c1-11(20-16-9-15(17)18-10-19-16)13-7-6-12-4-2-3-5-14(12)8-13/h2-11H,1H3,(H,18,19,20). The Morgan fingerprint density at radius 2 is 1.80 bits per heavy atom. The Balaban J connectivity index is 1.86. The molecule has 0 fully saturated rings. The predicted molar refractivity (Wildman–Crippen MR) is 83.0 cm³/mol. The van der Waals surface area contributed by atoms with Crippen LogP contribution in [0.3, 0.4) is 0 Å². The fourth-order valence-corrected chi connectivity index (χ4v) is 2.34. The van der Waals surface area contributed by atoms with Gasteiger partial charge in [-0.1, -0.05) is 48.0 Å². The molecule has 1 heterocycles. The molecule has 0 radical (unpaired) electrons. The second kappa shape index (κ2) is 5.47. The minimum Gasteiger partial charge on any atom is -0.363 e. The molecule has 2 aromatic carbocycles. The van der Waals surface area contributed by atoms with Gasteiger partial charge < -0.3 is 5.32 Å². The lowest BCUT2D eigenvalue weighted by molar-refractivity contribution is 0.874. The molecule has 1 unspecified atom stereocenters. The third-order valence-electron chi connectivity index (χ3n) is 3.27. The van der Waals surface area contributed by atoms with Crippen LogP contribution in [0, 0.1) is 0 Å². The fraction of sp³-hybridized carbons (Fsp3) is 0.125. The van der Waals surface area contributed by atoms with Gasteiger partial charge in [-0.2, -0.15) is 0 Å². The Labute approximate surface area is 122 Å². The highest BCUT2D eigenvalue weighted by Crippen LogP contribution is 2.23. The minimum absolute atomic E-state index is 0.144. The highest BCUT2D eigenvalue weighted by atomic mass is 35.5. The maximum absolute atomic E-state index is 5.86. The molecular weight excluding hydrogens is 270 g/mol. The van der Waals surface area contributed by atoms with Gasteiger partial charge in [0.05, 0.1) is 0 Å². The van der Waals surface area contributed by atoms with E-state index in [9.17, 15) is 0 Å². The summed E-state index contributed by atoms with van der Waals surface area (Å²) in [5, 5.41) is 6.25. The van der Waals surface area contributed by atoms with Crippen molar-refractivity contribution in [2.75, 3.05) is 5.32 Å². The zero-order valence-electron chi connectivity index (χ0n) is 11.0. The first kappa shape index (κ1) is 12.9. The molecule has 1 N–H and O–H groups in total. The monoisotopic (exact) mass is 283 g/mol. The van der Waals surface area contributed by atoms with Gasteiger partial charge >= 0.3 is 0 Å². The van der Waals surface area contributed by atoms with E-state index in [-0.39, 0.29) is 6.04 Å². The molecule has 0 aliphatic rings. The highest BCUT2D eigenvalue weighted by Gasteiger charge is 2.07. The summed E-state index contributed by atoms with van der Waals surface area (Å²) in [5.74, 6) is 0.727. The van der Waals surface area contributed by atoms with E-state index in [2.05, 4.69) is 58.6 Å². The number of fused-ring (bicyclic) bond motifs is 1. The number of hydrogen-bond acceptors (Lipinski definition) is 3. The summed E-state index contributed by atoms with van der Waals surface area (Å²) >= 11 is 5.86. The third-order valence-corrected chi connectivity index (χ3v) is 3.48. The summed E-state index contributed by atoms with van der Waals surface area (Å²) in [6.07, 6.45) is 1.46. The van der Waals surface area contributed by atoms with Gasteiger partial charge in [0.1, 0.15) is 17.3 Å². The van der Waals surface area contributed by atoms with Crippen molar-refractivity contribution in [1.82, 2.24) is 9.97 Å². The minimum atomic E-state index is 0.144. The van der Waals surface area contributed by atoms with E-state index in [1.807, 2.05) is 6.07 Å². The number of hydrogen-bond donors (Lipinski definition) is 1. The first-order chi connectivity index (χ1) is 9.72. The van der Waals surface area contributed by atoms with Gasteiger partial charge in [0, 0.05) is 12.1 Å². The number of aromatic nitrogens is 2. The quantitative estimate of drug-likeness (QED) is 0.721. The smallest absolute Gasteiger partial charge is 0.134 e. The van der Waals surface area contributed by atoms with Gasteiger partial charge in [-0.15, -0.1) is 0 Å². The molecule has 0 aliphatic heterocycles. The van der Waals surface area contributed by atoms with Crippen LogP contribution in [0.25, 0.3) is 10.8 Å². The molecule has 0 saturated heterocycles. The summed E-state index contributed by atoms with van der Waals surface area (Å²) in [6.45, 7) is 2.10. The van der Waals surface area contributed by atoms with E-state index >= 15 is 0 Å². The van der Waals surface area contributed by atoms with Gasteiger partial charge in [0.25, 0.3) is 0 Å². The van der Waals surface area contributed by atoms with Crippen LogP contribution in [0.1, 0.15) is 18.5 Å². The van der Waals surface area contributed by atoms with E-state index in [0.29, 0.717) is 5.15 Å². The molecule has 0 aliphatic carbocycles. The van der Waals surface area contributed by atoms with Crippen molar-refractivity contribution in [1.29, 1.82) is 0 Å². The molecule has 0 spiro atoms. The van der Waals surface area contributed by atoms with Crippen LogP contribution in [-0.2, 0) is 0 Å². The van der Waals surface area contributed by atoms with Crippen LogP contribution in [-0.4, -0.2) is 9.97 Å². The number of benzene rings is 2. The van der Waals surface area contributed by atoms with Crippen LogP contribution in [0.2, 0.25) is 5.15 Å². The van der Waals surface area contributed by atoms with Crippen LogP contribution in [0.15, 0.2) is 54.9 Å². The molecule has 1 aromatic heterocycles. The first-order valence-corrected chi connectivity index (χ1v) is 6.83. The van der Waals surface area contributed by atoms with E-state index in [1.165, 1.54) is 22.7 Å². The van der Waals surface area contributed by atoms with Gasteiger partial charge in [0.15, 0.2) is 0 Å². The summed E-state index contributed by atoms with van der Waals surface area (Å²) in [5.41, 5.74) is 1.21. The summed E-state index contributed by atoms with van der Waals surface area (Å²) in [4.78, 5) is 8.04. The number of nitrogens with zero attached hydrogens (tertiary/aromatic N) is 2. The Bertz CT molecular complexity index is 742. The Morgan fingerprint density at radius 3 is 2.60 bits per heavy atom. The van der Waals surface area contributed by atoms with E-state index in [1.54, 1.807) is 6.07 Å². The SMILES string of the molecule is CC(Nc1cc(Cl)ncn1)c1ccc2ccccc2c1. The first-order valence-electron chi connectivity index (χ1n) is 6.45. The molecule has 0 saturated carbocycles. The fourth-order valence-electron chi connectivity index (χ4n) is 2.19. The van der Waals surface area contributed by atoms with Crippen LogP contribution in [0.5, 0.6) is 0 Å². The Morgan fingerprint density at radius 1 is 1.00 bits per heavy atom. The third kappa shape index (κ3) is 2.73. The van der Waals surface area contributed by atoms with Gasteiger partial charge in [-0.25, -0.2) is 9.97 Å². The van der Waals surface area contributed by atoms with E-state index in [4.69, 9.17) is 11.6 Å². The number of rotatable bonds is 3. The van der Waals surface area contributed by atoms with Crippen molar-refractivity contribution in [2.45, 2.75) is 13.0 Å². The average molecular weight is 284 g/mol. The second-order valence-corrected chi connectivity index (χ2v) is 5.09. The van der Waals surface area contributed by atoms with Crippen molar-refractivity contribution < 1.29 is 0 Å². The Hall–Kier alpha value is -2.13. The topological polar surface area (TPSA) is 37.8 Å². The van der Waals surface area contributed by atoms with Crippen LogP contribution < -0.4 is 5.32 Å². The summed E-state index contributed by atoms with van der Waals surface area (Å²) in [6, 6.07) is 16.6. The summed E-state index contributed by atoms with van der Waals surface area (Å²) < 4.78 is 0. The Kier molecular flexibility index (Phi) is 3.52. The van der Waals surface area contributed by atoms with Gasteiger partial charge in [0.2, 0.25) is 0 Å². The van der Waals surface area contributed by atoms with E-state index < -0.39 is 0 Å². The molecule has 1 atom stereocenters. The maximum atomic E-state index is 5.86. The molecule has 4 heteroatoms. The maximum Gasteiger partial charge on any atom is 0.134 e. The number of nitrogens with one attached hydrogen (secondary N) is 1. The number of anilines is 1. The zero-order valence-corrected chi connectivity index (χ0v) is 11.8. The van der Waals surface area contributed by atoms with Crippen molar-refractivity contribution in [2.24, 2.45) is 0 Å². The van der Waals surface area contributed by atoms with Gasteiger partial charge in [-0.3, -0.25) is 0 Å². The lowest BCUT2D eigenvalue weighted by Crippen LogP contribution is -2.08. The molecule has 100 valence electrons. The molecule has 0 bridgehead atoms. The van der Waals surface area contributed by atoms with Crippen molar-refractivity contribution in [3.63, 3.8) is 0 Å². The molecule has 20 heavy (non-hydrogen) atoms. The van der Waals surface area contributed by atoms with Crippen molar-refractivity contribution in [3.8, 4) is 0 Å².